The van der Waals surface area contributed by atoms with Gasteiger partial charge in [0.15, 0.2) is 0 Å². The summed E-state index contributed by atoms with van der Waals surface area (Å²) in [4.78, 5) is 10.8. The Morgan fingerprint density at radius 3 is 2.38 bits per heavy atom. The van der Waals surface area contributed by atoms with Crippen LogP contribution in [0.3, 0.4) is 0 Å². The van der Waals surface area contributed by atoms with E-state index in [0.29, 0.717) is 11.3 Å². The lowest BCUT2D eigenvalue weighted by Gasteiger charge is -2.16. The van der Waals surface area contributed by atoms with Gasteiger partial charge in [0.2, 0.25) is 0 Å². The maximum Gasteiger partial charge on any atom is 0.313 e. The fourth-order valence-electron chi connectivity index (χ4n) is 1.37. The second-order valence-corrected chi connectivity index (χ2v) is 3.32. The van der Waals surface area contributed by atoms with Crippen LogP contribution in [0, 0.1) is 5.92 Å². The van der Waals surface area contributed by atoms with Crippen LogP contribution in [-0.2, 0) is 4.79 Å². The molecule has 0 fully saturated rings. The number of benzene rings is 1. The highest BCUT2D eigenvalue weighted by molar-refractivity contribution is 5.73. The van der Waals surface area contributed by atoms with Gasteiger partial charge in [-0.2, -0.15) is 0 Å². The molecule has 0 spiro atoms. The fourth-order valence-corrected chi connectivity index (χ4v) is 1.37. The Balaban J connectivity index is 2.90. The summed E-state index contributed by atoms with van der Waals surface area (Å²) in [5, 5.41) is 18.7. The van der Waals surface area contributed by atoms with Crippen molar-refractivity contribution in [1.29, 1.82) is 0 Å². The third-order valence-corrected chi connectivity index (χ3v) is 2.34. The maximum absolute atomic E-state index is 10.8. The third kappa shape index (κ3) is 2.61. The number of rotatable bonds is 5. The van der Waals surface area contributed by atoms with Crippen molar-refractivity contribution in [1.82, 2.24) is 0 Å². The monoisotopic (exact) mass is 222 g/mol. The van der Waals surface area contributed by atoms with E-state index in [1.54, 1.807) is 24.3 Å². The van der Waals surface area contributed by atoms with Crippen molar-refractivity contribution in [2.75, 3.05) is 7.11 Å². The lowest BCUT2D eigenvalue weighted by atomic mass is 9.96. The Morgan fingerprint density at radius 2 is 2.00 bits per heavy atom. The zero-order valence-corrected chi connectivity index (χ0v) is 8.96. The van der Waals surface area contributed by atoms with Crippen molar-refractivity contribution in [2.24, 2.45) is 5.92 Å². The summed E-state index contributed by atoms with van der Waals surface area (Å²) in [5.41, 5.74) is 0.521. The molecule has 1 rings (SSSR count). The predicted octanol–water partition coefficient (Wildman–Crippen LogP) is 1.62. The van der Waals surface area contributed by atoms with Crippen LogP contribution < -0.4 is 4.74 Å². The SMILES string of the molecule is C=CC(C(=O)O)C(O)c1ccc(OC)cc1. The average molecular weight is 222 g/mol. The van der Waals surface area contributed by atoms with E-state index < -0.39 is 18.0 Å². The molecule has 0 aliphatic heterocycles. The van der Waals surface area contributed by atoms with Gasteiger partial charge in [0.25, 0.3) is 0 Å². The molecular formula is C12H14O4. The summed E-state index contributed by atoms with van der Waals surface area (Å²) in [7, 11) is 1.54. The Labute approximate surface area is 93.8 Å². The van der Waals surface area contributed by atoms with Gasteiger partial charge in [-0.15, -0.1) is 6.58 Å². The molecule has 0 saturated carbocycles. The first-order chi connectivity index (χ1) is 7.60. The second-order valence-electron chi connectivity index (χ2n) is 3.32. The Hall–Kier alpha value is -1.81. The zero-order chi connectivity index (χ0) is 12.1. The number of hydrogen-bond acceptors (Lipinski definition) is 3. The standard InChI is InChI=1S/C12H14O4/c1-3-10(12(14)15)11(13)8-4-6-9(16-2)7-5-8/h3-7,10-11,13H,1H2,2H3,(H,14,15). The molecule has 4 heteroatoms. The van der Waals surface area contributed by atoms with Gasteiger partial charge in [-0.1, -0.05) is 18.2 Å². The molecule has 0 heterocycles. The number of ether oxygens (including phenoxy) is 1. The summed E-state index contributed by atoms with van der Waals surface area (Å²) < 4.78 is 4.97. The van der Waals surface area contributed by atoms with Crippen LogP contribution in [0.2, 0.25) is 0 Å². The van der Waals surface area contributed by atoms with Crippen molar-refractivity contribution in [3.63, 3.8) is 0 Å². The van der Waals surface area contributed by atoms with Gasteiger partial charge in [0.1, 0.15) is 11.7 Å². The minimum Gasteiger partial charge on any atom is -0.497 e. The van der Waals surface area contributed by atoms with Crippen LogP contribution in [0.1, 0.15) is 11.7 Å². The molecule has 1 aromatic rings. The van der Waals surface area contributed by atoms with E-state index in [1.807, 2.05) is 0 Å². The number of carbonyl (C=O) groups is 1. The molecule has 1 aromatic carbocycles. The molecule has 0 bridgehead atoms. The van der Waals surface area contributed by atoms with Crippen LogP contribution in [0.4, 0.5) is 0 Å². The van der Waals surface area contributed by atoms with E-state index in [9.17, 15) is 9.90 Å². The molecule has 0 aromatic heterocycles. The smallest absolute Gasteiger partial charge is 0.313 e. The van der Waals surface area contributed by atoms with Gasteiger partial charge < -0.3 is 14.9 Å². The topological polar surface area (TPSA) is 66.8 Å². The van der Waals surface area contributed by atoms with Crippen molar-refractivity contribution in [3.8, 4) is 5.75 Å². The number of carboxylic acids is 1. The lowest BCUT2D eigenvalue weighted by molar-refractivity contribution is -0.143. The van der Waals surface area contributed by atoms with E-state index in [2.05, 4.69) is 6.58 Å². The van der Waals surface area contributed by atoms with E-state index >= 15 is 0 Å². The van der Waals surface area contributed by atoms with Crippen LogP contribution >= 0.6 is 0 Å². The normalized spacial score (nSPS) is 13.9. The number of methoxy groups -OCH3 is 1. The predicted molar refractivity (Wildman–Crippen MR) is 59.3 cm³/mol. The quantitative estimate of drug-likeness (QED) is 0.743. The van der Waals surface area contributed by atoms with E-state index in [4.69, 9.17) is 9.84 Å². The fraction of sp³-hybridized carbons (Fsp3) is 0.250. The average Bonchev–Trinajstić information content (AvgIpc) is 2.29. The first-order valence-electron chi connectivity index (χ1n) is 4.77. The first kappa shape index (κ1) is 12.3. The maximum atomic E-state index is 10.8. The molecule has 0 amide bonds. The highest BCUT2D eigenvalue weighted by Crippen LogP contribution is 2.24. The number of aliphatic hydroxyl groups excluding tert-OH is 1. The molecular weight excluding hydrogens is 208 g/mol. The summed E-state index contributed by atoms with van der Waals surface area (Å²) in [6, 6.07) is 6.59. The van der Waals surface area contributed by atoms with Crippen LogP contribution in [0.15, 0.2) is 36.9 Å². The van der Waals surface area contributed by atoms with Crippen LogP contribution in [0.25, 0.3) is 0 Å². The summed E-state index contributed by atoms with van der Waals surface area (Å²) in [5.74, 6) is -1.45. The van der Waals surface area contributed by atoms with Crippen molar-refractivity contribution < 1.29 is 19.7 Å². The molecule has 0 aliphatic rings. The zero-order valence-electron chi connectivity index (χ0n) is 8.96. The molecule has 16 heavy (non-hydrogen) atoms. The highest BCUT2D eigenvalue weighted by atomic mass is 16.5. The Morgan fingerprint density at radius 1 is 1.44 bits per heavy atom. The van der Waals surface area contributed by atoms with Gasteiger partial charge in [0, 0.05) is 0 Å². The lowest BCUT2D eigenvalue weighted by Crippen LogP contribution is -2.19. The van der Waals surface area contributed by atoms with Crippen LogP contribution in [-0.4, -0.2) is 23.3 Å². The second kappa shape index (κ2) is 5.32. The van der Waals surface area contributed by atoms with Gasteiger partial charge in [-0.25, -0.2) is 0 Å². The number of aliphatic hydroxyl groups is 1. The number of aliphatic carboxylic acids is 1. The van der Waals surface area contributed by atoms with Crippen molar-refractivity contribution in [2.45, 2.75) is 6.10 Å². The highest BCUT2D eigenvalue weighted by Gasteiger charge is 2.24. The molecule has 86 valence electrons. The summed E-state index contributed by atoms with van der Waals surface area (Å²) in [6.07, 6.45) is 0.123. The van der Waals surface area contributed by atoms with E-state index in [1.165, 1.54) is 13.2 Å². The van der Waals surface area contributed by atoms with Gasteiger partial charge in [-0.3, -0.25) is 4.79 Å². The molecule has 2 atom stereocenters. The van der Waals surface area contributed by atoms with Crippen molar-refractivity contribution >= 4 is 5.97 Å². The third-order valence-electron chi connectivity index (χ3n) is 2.34. The van der Waals surface area contributed by atoms with Gasteiger partial charge in [-0.05, 0) is 17.7 Å². The molecule has 4 nitrogen and oxygen atoms in total. The molecule has 0 radical (unpaired) electrons. The Kier molecular flexibility index (Phi) is 4.08. The largest absolute Gasteiger partial charge is 0.497 e. The summed E-state index contributed by atoms with van der Waals surface area (Å²) in [6.45, 7) is 3.40. The molecule has 0 saturated heterocycles. The van der Waals surface area contributed by atoms with Crippen LogP contribution in [0.5, 0.6) is 5.75 Å². The molecule has 0 aliphatic carbocycles. The van der Waals surface area contributed by atoms with E-state index in [0.717, 1.165) is 0 Å². The van der Waals surface area contributed by atoms with Crippen molar-refractivity contribution in [3.05, 3.63) is 42.5 Å². The van der Waals surface area contributed by atoms with Gasteiger partial charge >= 0.3 is 5.97 Å². The first-order valence-corrected chi connectivity index (χ1v) is 4.77. The number of carboxylic acid groups (broad SMARTS) is 1. The van der Waals surface area contributed by atoms with Gasteiger partial charge in [0.05, 0.1) is 13.2 Å². The molecule has 2 N–H and O–H groups in total. The Bertz CT molecular complexity index is 369. The summed E-state index contributed by atoms with van der Waals surface area (Å²) >= 11 is 0. The minimum atomic E-state index is -1.10. The van der Waals surface area contributed by atoms with E-state index in [-0.39, 0.29) is 0 Å². The minimum absolute atomic E-state index is 0.521. The number of hydrogen-bond donors (Lipinski definition) is 2. The molecule has 2 unspecified atom stereocenters.